The van der Waals surface area contributed by atoms with Crippen LogP contribution in [-0.4, -0.2) is 38.9 Å². The van der Waals surface area contributed by atoms with Crippen LogP contribution in [0.25, 0.3) is 0 Å². The number of fused-ring (bicyclic) bond motifs is 1. The molecule has 1 aliphatic heterocycles. The Morgan fingerprint density at radius 2 is 1.73 bits per heavy atom. The summed E-state index contributed by atoms with van der Waals surface area (Å²) in [5, 5.41) is 2.34. The zero-order valence-electron chi connectivity index (χ0n) is 15.7. The van der Waals surface area contributed by atoms with Gasteiger partial charge in [-0.3, -0.25) is 9.59 Å². The SMILES string of the molecule is Cc1ccc(S(=O)(=O)CCC(=O)OCC(=O)Nc2ccc3c(c2)OC(F)(F)O3)cc1. The molecule has 11 heteroatoms. The Balaban J connectivity index is 1.46. The molecular formula is C19H17F2NO7S. The normalized spacial score (nSPS) is 14.2. The number of sulfone groups is 1. The molecule has 0 radical (unpaired) electrons. The summed E-state index contributed by atoms with van der Waals surface area (Å²) in [7, 11) is -3.66. The van der Waals surface area contributed by atoms with Gasteiger partial charge in [-0.2, -0.15) is 0 Å². The van der Waals surface area contributed by atoms with Crippen LogP contribution in [0.3, 0.4) is 0 Å². The van der Waals surface area contributed by atoms with Crippen LogP contribution in [-0.2, 0) is 24.2 Å². The van der Waals surface area contributed by atoms with Gasteiger partial charge in [0.2, 0.25) is 0 Å². The van der Waals surface area contributed by atoms with Gasteiger partial charge in [0.25, 0.3) is 5.91 Å². The third-order valence-electron chi connectivity index (χ3n) is 4.00. The van der Waals surface area contributed by atoms with Gasteiger partial charge in [-0.15, -0.1) is 8.78 Å². The van der Waals surface area contributed by atoms with E-state index in [0.717, 1.165) is 11.6 Å². The lowest BCUT2D eigenvalue weighted by Gasteiger charge is -2.08. The molecule has 30 heavy (non-hydrogen) atoms. The van der Waals surface area contributed by atoms with Crippen LogP contribution in [0.15, 0.2) is 47.4 Å². The first kappa shape index (κ1) is 21.5. The highest BCUT2D eigenvalue weighted by Gasteiger charge is 2.43. The first-order valence-corrected chi connectivity index (χ1v) is 10.3. The Kier molecular flexibility index (Phi) is 5.92. The zero-order chi connectivity index (χ0) is 21.9. The van der Waals surface area contributed by atoms with Crippen molar-refractivity contribution < 1.29 is 41.0 Å². The standard InChI is InChI=1S/C19H17F2NO7S/c1-12-2-5-14(6-3-12)30(25,26)9-8-18(24)27-11-17(23)22-13-4-7-15-16(10-13)29-19(20,21)28-15/h2-7,10H,8-9,11H2,1H3,(H,22,23). The lowest BCUT2D eigenvalue weighted by molar-refractivity contribution is -0.286. The van der Waals surface area contributed by atoms with E-state index in [9.17, 15) is 26.8 Å². The van der Waals surface area contributed by atoms with Gasteiger partial charge in [-0.05, 0) is 31.2 Å². The Hall–Kier alpha value is -3.21. The van der Waals surface area contributed by atoms with Gasteiger partial charge in [0.1, 0.15) is 0 Å². The molecule has 2 aromatic carbocycles. The highest BCUT2D eigenvalue weighted by Crippen LogP contribution is 2.42. The van der Waals surface area contributed by atoms with Crippen molar-refractivity contribution >= 4 is 27.4 Å². The molecule has 1 aliphatic rings. The van der Waals surface area contributed by atoms with Gasteiger partial charge in [0, 0.05) is 11.8 Å². The van der Waals surface area contributed by atoms with Crippen LogP contribution in [0, 0.1) is 6.92 Å². The molecule has 1 N–H and O–H groups in total. The second-order valence-corrected chi connectivity index (χ2v) is 8.53. The van der Waals surface area contributed by atoms with Gasteiger partial charge >= 0.3 is 12.3 Å². The predicted molar refractivity (Wildman–Crippen MR) is 100 cm³/mol. The van der Waals surface area contributed by atoms with Crippen molar-refractivity contribution in [2.45, 2.75) is 24.5 Å². The molecule has 0 unspecified atom stereocenters. The van der Waals surface area contributed by atoms with Crippen LogP contribution < -0.4 is 14.8 Å². The quantitative estimate of drug-likeness (QED) is 0.658. The molecule has 0 saturated heterocycles. The van der Waals surface area contributed by atoms with Crippen molar-refractivity contribution in [1.29, 1.82) is 0 Å². The molecular weight excluding hydrogens is 424 g/mol. The molecule has 0 fully saturated rings. The summed E-state index contributed by atoms with van der Waals surface area (Å²) in [6.07, 6.45) is -4.21. The molecule has 0 aliphatic carbocycles. The summed E-state index contributed by atoms with van der Waals surface area (Å²) < 4.78 is 63.7. The maximum atomic E-state index is 13.0. The number of carbonyl (C=O) groups is 2. The first-order valence-electron chi connectivity index (χ1n) is 8.69. The fourth-order valence-corrected chi connectivity index (χ4v) is 3.75. The second-order valence-electron chi connectivity index (χ2n) is 6.42. The van der Waals surface area contributed by atoms with Gasteiger partial charge < -0.3 is 19.5 Å². The third kappa shape index (κ3) is 5.44. The molecule has 1 amide bonds. The van der Waals surface area contributed by atoms with Crippen molar-refractivity contribution in [3.05, 3.63) is 48.0 Å². The highest BCUT2D eigenvalue weighted by molar-refractivity contribution is 7.91. The van der Waals surface area contributed by atoms with Gasteiger partial charge in [0.15, 0.2) is 27.9 Å². The Bertz CT molecular complexity index is 1070. The molecule has 1 heterocycles. The van der Waals surface area contributed by atoms with Gasteiger partial charge in [-0.1, -0.05) is 17.7 Å². The minimum Gasteiger partial charge on any atom is -0.456 e. The van der Waals surface area contributed by atoms with E-state index in [1.54, 1.807) is 12.1 Å². The number of hydrogen-bond donors (Lipinski definition) is 1. The van der Waals surface area contributed by atoms with E-state index in [-0.39, 0.29) is 22.1 Å². The number of anilines is 1. The number of benzene rings is 2. The Morgan fingerprint density at radius 3 is 2.43 bits per heavy atom. The van der Waals surface area contributed by atoms with E-state index in [2.05, 4.69) is 14.8 Å². The van der Waals surface area contributed by atoms with Crippen LogP contribution in [0.2, 0.25) is 0 Å². The zero-order valence-corrected chi connectivity index (χ0v) is 16.5. The fourth-order valence-electron chi connectivity index (χ4n) is 2.52. The van der Waals surface area contributed by atoms with Crippen LogP contribution in [0.1, 0.15) is 12.0 Å². The lowest BCUT2D eigenvalue weighted by Crippen LogP contribution is -2.25. The Labute approximate surface area is 170 Å². The van der Waals surface area contributed by atoms with E-state index in [4.69, 9.17) is 4.74 Å². The highest BCUT2D eigenvalue weighted by atomic mass is 32.2. The van der Waals surface area contributed by atoms with Crippen LogP contribution >= 0.6 is 0 Å². The predicted octanol–water partition coefficient (Wildman–Crippen LogP) is 2.66. The maximum Gasteiger partial charge on any atom is 0.586 e. The molecule has 0 atom stereocenters. The van der Waals surface area contributed by atoms with Crippen LogP contribution in [0.4, 0.5) is 14.5 Å². The molecule has 8 nitrogen and oxygen atoms in total. The number of rotatable bonds is 7. The summed E-state index contributed by atoms with van der Waals surface area (Å²) in [6, 6.07) is 9.81. The van der Waals surface area contributed by atoms with Crippen molar-refractivity contribution in [3.63, 3.8) is 0 Å². The number of ether oxygens (including phenoxy) is 3. The minimum absolute atomic E-state index is 0.0898. The molecule has 2 aromatic rings. The first-order chi connectivity index (χ1) is 14.0. The number of aryl methyl sites for hydroxylation is 1. The molecule has 0 spiro atoms. The third-order valence-corrected chi connectivity index (χ3v) is 5.74. The topological polar surface area (TPSA) is 108 Å². The number of alkyl halides is 2. The van der Waals surface area contributed by atoms with Crippen molar-refractivity contribution in [3.8, 4) is 11.5 Å². The maximum absolute atomic E-state index is 13.0. The van der Waals surface area contributed by atoms with Crippen LogP contribution in [0.5, 0.6) is 11.5 Å². The lowest BCUT2D eigenvalue weighted by atomic mass is 10.2. The number of hydrogen-bond acceptors (Lipinski definition) is 7. The fraction of sp³-hybridized carbons (Fsp3) is 0.263. The summed E-state index contributed by atoms with van der Waals surface area (Å²) in [5.41, 5.74) is 1.02. The summed E-state index contributed by atoms with van der Waals surface area (Å²) in [6.45, 7) is 1.14. The van der Waals surface area contributed by atoms with Crippen molar-refractivity contribution in [2.75, 3.05) is 17.7 Å². The number of amides is 1. The average Bonchev–Trinajstić information content (AvgIpc) is 2.98. The monoisotopic (exact) mass is 441 g/mol. The van der Waals surface area contributed by atoms with E-state index in [1.807, 2.05) is 6.92 Å². The summed E-state index contributed by atoms with van der Waals surface area (Å²) in [4.78, 5) is 23.7. The summed E-state index contributed by atoms with van der Waals surface area (Å²) >= 11 is 0. The molecule has 0 bridgehead atoms. The Morgan fingerprint density at radius 1 is 1.07 bits per heavy atom. The van der Waals surface area contributed by atoms with E-state index >= 15 is 0 Å². The molecule has 0 saturated carbocycles. The van der Waals surface area contributed by atoms with Gasteiger partial charge in [-0.25, -0.2) is 8.42 Å². The van der Waals surface area contributed by atoms with E-state index < -0.39 is 46.8 Å². The number of nitrogens with one attached hydrogen (secondary N) is 1. The number of halogens is 2. The van der Waals surface area contributed by atoms with E-state index in [1.165, 1.54) is 24.3 Å². The molecule has 160 valence electrons. The largest absolute Gasteiger partial charge is 0.586 e. The minimum atomic E-state index is -3.78. The van der Waals surface area contributed by atoms with E-state index in [0.29, 0.717) is 0 Å². The van der Waals surface area contributed by atoms with Crippen molar-refractivity contribution in [2.24, 2.45) is 0 Å². The molecule has 0 aromatic heterocycles. The second kappa shape index (κ2) is 8.27. The molecule has 3 rings (SSSR count). The number of esters is 1. The average molecular weight is 441 g/mol. The summed E-state index contributed by atoms with van der Waals surface area (Å²) in [5.74, 6) is -2.51. The van der Waals surface area contributed by atoms with Gasteiger partial charge in [0.05, 0.1) is 17.1 Å². The smallest absolute Gasteiger partial charge is 0.456 e. The van der Waals surface area contributed by atoms with Crippen molar-refractivity contribution in [1.82, 2.24) is 0 Å². The number of carbonyl (C=O) groups excluding carboxylic acids is 2.